The summed E-state index contributed by atoms with van der Waals surface area (Å²) >= 11 is 1.64. The van der Waals surface area contributed by atoms with Gasteiger partial charge in [0.1, 0.15) is 0 Å². The molecule has 0 aliphatic carbocycles. The Labute approximate surface area is 152 Å². The highest BCUT2D eigenvalue weighted by Crippen LogP contribution is 2.27. The lowest BCUT2D eigenvalue weighted by Crippen LogP contribution is -2.44. The van der Waals surface area contributed by atoms with Crippen molar-refractivity contribution in [1.82, 2.24) is 24.4 Å². The number of nitrogens with zero attached hydrogens (tertiary/aromatic N) is 5. The van der Waals surface area contributed by atoms with Crippen LogP contribution in [0.3, 0.4) is 0 Å². The minimum absolute atomic E-state index is 0.0146. The van der Waals surface area contributed by atoms with Crippen LogP contribution in [0.1, 0.15) is 27.7 Å². The topological polar surface area (TPSA) is 68.0 Å². The van der Waals surface area contributed by atoms with Crippen molar-refractivity contribution in [2.75, 3.05) is 31.1 Å². The molecule has 0 bridgehead atoms. The third-order valence-electron chi connectivity index (χ3n) is 4.87. The number of hydrogen-bond donors (Lipinski definition) is 1. The molecule has 0 aromatic carbocycles. The van der Waals surface area contributed by atoms with Crippen molar-refractivity contribution in [2.24, 2.45) is 13.0 Å². The molecule has 1 N–H and O–H groups in total. The molecule has 1 atom stereocenters. The highest BCUT2D eigenvalue weighted by molar-refractivity contribution is 7.99. The van der Waals surface area contributed by atoms with Crippen LogP contribution in [0.5, 0.6) is 0 Å². The van der Waals surface area contributed by atoms with Gasteiger partial charge in [-0.15, -0.1) is 0 Å². The Bertz CT molecular complexity index is 806. The Morgan fingerprint density at radius 3 is 2.48 bits per heavy atom. The van der Waals surface area contributed by atoms with E-state index in [1.54, 1.807) is 16.3 Å². The average molecular weight is 365 g/mol. The Balaban J connectivity index is 2.10. The predicted octanol–water partition coefficient (Wildman–Crippen LogP) is 1.70. The SMILES string of the molecule is CCn1c(N2CCNCC2)nc2nc(SC(C)C(C)C)n(C)c(=O)c21. The molecule has 0 saturated carbocycles. The van der Waals surface area contributed by atoms with E-state index in [-0.39, 0.29) is 5.56 Å². The molecule has 3 rings (SSSR count). The van der Waals surface area contributed by atoms with E-state index in [0.717, 1.165) is 37.3 Å². The first kappa shape index (κ1) is 18.3. The summed E-state index contributed by atoms with van der Waals surface area (Å²) in [6.07, 6.45) is 0. The van der Waals surface area contributed by atoms with E-state index in [9.17, 15) is 4.79 Å². The van der Waals surface area contributed by atoms with Crippen LogP contribution in [0.4, 0.5) is 5.95 Å². The van der Waals surface area contributed by atoms with Crippen LogP contribution in [0.15, 0.2) is 9.95 Å². The first-order valence-electron chi connectivity index (χ1n) is 9.03. The standard InChI is InChI=1S/C17H28N6OS/c1-6-23-13-14(19-16(23)22-9-7-18-8-10-22)20-17(21(5)15(13)24)25-12(4)11(2)3/h11-12,18H,6-10H2,1-5H3. The summed E-state index contributed by atoms with van der Waals surface area (Å²) in [5.74, 6) is 1.38. The van der Waals surface area contributed by atoms with Crippen molar-refractivity contribution >= 4 is 28.9 Å². The summed E-state index contributed by atoms with van der Waals surface area (Å²) in [6.45, 7) is 13.0. The lowest BCUT2D eigenvalue weighted by molar-refractivity contribution is 0.569. The molecular formula is C17H28N6OS. The maximum atomic E-state index is 13.0. The Hall–Kier alpha value is -1.54. The molecule has 1 saturated heterocycles. The number of aryl methyl sites for hydroxylation is 1. The van der Waals surface area contributed by atoms with Crippen LogP contribution >= 0.6 is 11.8 Å². The van der Waals surface area contributed by atoms with Gasteiger partial charge in [0.15, 0.2) is 16.3 Å². The smallest absolute Gasteiger partial charge is 0.280 e. The van der Waals surface area contributed by atoms with Crippen LogP contribution in [0.25, 0.3) is 11.2 Å². The predicted molar refractivity (Wildman–Crippen MR) is 104 cm³/mol. The van der Waals surface area contributed by atoms with Crippen molar-refractivity contribution in [3.8, 4) is 0 Å². The third-order valence-corrected chi connectivity index (χ3v) is 6.36. The van der Waals surface area contributed by atoms with E-state index < -0.39 is 0 Å². The van der Waals surface area contributed by atoms with E-state index in [1.807, 2.05) is 11.6 Å². The third kappa shape index (κ3) is 3.42. The maximum Gasteiger partial charge on any atom is 0.280 e. The first-order chi connectivity index (χ1) is 11.9. The fraction of sp³-hybridized carbons (Fsp3) is 0.706. The second kappa shape index (κ2) is 7.37. The summed E-state index contributed by atoms with van der Waals surface area (Å²) in [5, 5.41) is 4.48. The van der Waals surface area contributed by atoms with Crippen LogP contribution in [0.2, 0.25) is 0 Å². The van der Waals surface area contributed by atoms with Gasteiger partial charge in [-0.25, -0.2) is 4.98 Å². The average Bonchev–Trinajstić information content (AvgIpc) is 2.98. The Kier molecular flexibility index (Phi) is 5.38. The van der Waals surface area contributed by atoms with E-state index >= 15 is 0 Å². The van der Waals surface area contributed by atoms with Crippen molar-refractivity contribution in [1.29, 1.82) is 0 Å². The molecule has 7 nitrogen and oxygen atoms in total. The highest BCUT2D eigenvalue weighted by atomic mass is 32.2. The van der Waals surface area contributed by atoms with Crippen LogP contribution in [-0.4, -0.2) is 50.5 Å². The lowest BCUT2D eigenvalue weighted by Gasteiger charge is -2.28. The number of imidazole rings is 1. The molecule has 1 aliphatic rings. The van der Waals surface area contributed by atoms with Crippen molar-refractivity contribution in [2.45, 2.75) is 44.6 Å². The van der Waals surface area contributed by atoms with Crippen molar-refractivity contribution in [3.05, 3.63) is 10.4 Å². The second-order valence-electron chi connectivity index (χ2n) is 6.89. The second-order valence-corrected chi connectivity index (χ2v) is 8.24. The van der Waals surface area contributed by atoms with E-state index in [1.165, 1.54) is 0 Å². The van der Waals surface area contributed by atoms with Crippen LogP contribution in [0, 0.1) is 5.92 Å². The van der Waals surface area contributed by atoms with Gasteiger partial charge in [0, 0.05) is 45.0 Å². The van der Waals surface area contributed by atoms with E-state index in [0.29, 0.717) is 28.9 Å². The monoisotopic (exact) mass is 364 g/mol. The molecule has 0 spiro atoms. The zero-order valence-electron chi connectivity index (χ0n) is 15.7. The fourth-order valence-corrected chi connectivity index (χ4v) is 3.93. The number of fused-ring (bicyclic) bond motifs is 1. The molecule has 0 amide bonds. The number of piperazine rings is 1. The fourth-order valence-electron chi connectivity index (χ4n) is 2.94. The molecule has 25 heavy (non-hydrogen) atoms. The number of nitrogens with one attached hydrogen (secondary N) is 1. The van der Waals surface area contributed by atoms with Gasteiger partial charge in [-0.3, -0.25) is 9.36 Å². The van der Waals surface area contributed by atoms with Gasteiger partial charge in [0.2, 0.25) is 5.95 Å². The van der Waals surface area contributed by atoms with Gasteiger partial charge < -0.3 is 14.8 Å². The maximum absolute atomic E-state index is 13.0. The van der Waals surface area contributed by atoms with Gasteiger partial charge >= 0.3 is 0 Å². The van der Waals surface area contributed by atoms with Gasteiger partial charge in [0.25, 0.3) is 5.56 Å². The molecule has 3 heterocycles. The molecular weight excluding hydrogens is 336 g/mol. The van der Waals surface area contributed by atoms with Gasteiger partial charge in [-0.2, -0.15) is 4.98 Å². The molecule has 2 aromatic rings. The number of anilines is 1. The highest BCUT2D eigenvalue weighted by Gasteiger charge is 2.23. The number of rotatable bonds is 5. The molecule has 0 radical (unpaired) electrons. The lowest BCUT2D eigenvalue weighted by atomic mass is 10.2. The molecule has 1 unspecified atom stereocenters. The summed E-state index contributed by atoms with van der Waals surface area (Å²) in [6, 6.07) is 0. The minimum Gasteiger partial charge on any atom is -0.340 e. The van der Waals surface area contributed by atoms with Crippen LogP contribution < -0.4 is 15.8 Å². The van der Waals surface area contributed by atoms with E-state index in [2.05, 4.69) is 37.9 Å². The summed E-state index contributed by atoms with van der Waals surface area (Å²) in [4.78, 5) is 24.7. The zero-order chi connectivity index (χ0) is 18.1. The molecule has 138 valence electrons. The van der Waals surface area contributed by atoms with Crippen molar-refractivity contribution in [3.63, 3.8) is 0 Å². The summed E-state index contributed by atoms with van der Waals surface area (Å²) < 4.78 is 3.68. The minimum atomic E-state index is -0.0146. The zero-order valence-corrected chi connectivity index (χ0v) is 16.6. The van der Waals surface area contributed by atoms with Gasteiger partial charge in [0.05, 0.1) is 0 Å². The van der Waals surface area contributed by atoms with Crippen LogP contribution in [-0.2, 0) is 13.6 Å². The number of hydrogen-bond acceptors (Lipinski definition) is 6. The normalized spacial score (nSPS) is 16.8. The van der Waals surface area contributed by atoms with Crippen molar-refractivity contribution < 1.29 is 0 Å². The first-order valence-corrected chi connectivity index (χ1v) is 9.91. The summed E-state index contributed by atoms with van der Waals surface area (Å²) in [7, 11) is 1.81. The molecule has 8 heteroatoms. The van der Waals surface area contributed by atoms with Gasteiger partial charge in [-0.1, -0.05) is 32.5 Å². The number of thioether (sulfide) groups is 1. The Morgan fingerprint density at radius 1 is 1.20 bits per heavy atom. The Morgan fingerprint density at radius 2 is 1.88 bits per heavy atom. The summed E-state index contributed by atoms with van der Waals surface area (Å²) in [5.41, 5.74) is 1.16. The van der Waals surface area contributed by atoms with Gasteiger partial charge in [-0.05, 0) is 12.8 Å². The van der Waals surface area contributed by atoms with E-state index in [4.69, 9.17) is 9.97 Å². The molecule has 1 fully saturated rings. The quantitative estimate of drug-likeness (QED) is 0.643. The largest absolute Gasteiger partial charge is 0.340 e. The number of aromatic nitrogens is 4. The molecule has 1 aliphatic heterocycles. The molecule has 2 aromatic heterocycles.